The minimum Gasteiger partial charge on any atom is -0.352 e. The number of urea groups is 1. The fourth-order valence-electron chi connectivity index (χ4n) is 4.28. The number of nitrogens with one attached hydrogen (secondary N) is 1. The van der Waals surface area contributed by atoms with Gasteiger partial charge in [-0.3, -0.25) is 0 Å². The topological polar surface area (TPSA) is 61.4 Å². The second kappa shape index (κ2) is 9.28. The summed E-state index contributed by atoms with van der Waals surface area (Å²) < 4.78 is 0. The van der Waals surface area contributed by atoms with E-state index in [4.69, 9.17) is 0 Å². The molecule has 5 rings (SSSR count). The van der Waals surface area contributed by atoms with Crippen LogP contribution in [0.1, 0.15) is 12.5 Å². The third kappa shape index (κ3) is 4.51. The molecular weight excluding hydrogens is 410 g/mol. The van der Waals surface area contributed by atoms with Gasteiger partial charge in [-0.25, -0.2) is 4.79 Å². The van der Waals surface area contributed by atoms with Crippen LogP contribution < -0.4 is 10.2 Å². The van der Waals surface area contributed by atoms with E-state index in [1.165, 1.54) is 10.8 Å². The summed E-state index contributed by atoms with van der Waals surface area (Å²) in [5.74, 6) is 0.843. The summed E-state index contributed by atoms with van der Waals surface area (Å²) in [5.41, 5.74) is 3.95. The van der Waals surface area contributed by atoms with Crippen LogP contribution in [0.3, 0.4) is 0 Å². The number of aryl methyl sites for hydroxylation is 1. The van der Waals surface area contributed by atoms with Crippen molar-refractivity contribution in [1.82, 2.24) is 15.1 Å². The number of hydrogen-bond acceptors (Lipinski definition) is 4. The van der Waals surface area contributed by atoms with Crippen molar-refractivity contribution in [2.45, 2.75) is 13.3 Å². The highest BCUT2D eigenvalue weighted by Gasteiger charge is 2.22. The number of carbonyl (C=O) groups is 1. The number of fused-ring (bicyclic) bond motifs is 1. The predicted octanol–water partition coefficient (Wildman–Crippen LogP) is 5.21. The molecule has 0 atom stereocenters. The minimum absolute atomic E-state index is 0.0479. The summed E-state index contributed by atoms with van der Waals surface area (Å²) in [6.45, 7) is 4.85. The molecule has 0 aliphatic carbocycles. The van der Waals surface area contributed by atoms with Crippen LogP contribution in [0, 0.1) is 0 Å². The van der Waals surface area contributed by atoms with Crippen molar-refractivity contribution in [3.63, 3.8) is 0 Å². The number of benzene rings is 3. The molecule has 1 aliphatic heterocycles. The molecule has 1 aliphatic rings. The van der Waals surface area contributed by atoms with E-state index in [1.54, 1.807) is 0 Å². The molecule has 1 fully saturated rings. The Labute approximate surface area is 193 Å². The van der Waals surface area contributed by atoms with Crippen LogP contribution in [0.5, 0.6) is 0 Å². The fraction of sp³-hybridized carbons (Fsp3) is 0.222. The molecule has 0 bridgehead atoms. The van der Waals surface area contributed by atoms with Gasteiger partial charge in [-0.1, -0.05) is 61.5 Å². The third-order valence-corrected chi connectivity index (χ3v) is 6.23. The van der Waals surface area contributed by atoms with E-state index in [2.05, 4.69) is 57.7 Å². The van der Waals surface area contributed by atoms with E-state index in [-0.39, 0.29) is 6.03 Å². The first kappa shape index (κ1) is 20.9. The number of nitrogens with zero attached hydrogens (tertiary/aromatic N) is 4. The van der Waals surface area contributed by atoms with Gasteiger partial charge in [-0.2, -0.15) is 0 Å². The molecule has 6 nitrogen and oxygen atoms in total. The first-order valence-corrected chi connectivity index (χ1v) is 11.4. The van der Waals surface area contributed by atoms with Crippen LogP contribution in [0.15, 0.2) is 78.9 Å². The second-order valence-electron chi connectivity index (χ2n) is 8.25. The largest absolute Gasteiger partial charge is 0.352 e. The van der Waals surface area contributed by atoms with Crippen molar-refractivity contribution in [1.29, 1.82) is 0 Å². The molecule has 3 aromatic carbocycles. The van der Waals surface area contributed by atoms with Gasteiger partial charge >= 0.3 is 6.03 Å². The van der Waals surface area contributed by atoms with Gasteiger partial charge in [0.2, 0.25) is 0 Å². The first-order valence-electron chi connectivity index (χ1n) is 11.4. The van der Waals surface area contributed by atoms with Crippen molar-refractivity contribution in [3.8, 4) is 11.3 Å². The van der Waals surface area contributed by atoms with Crippen LogP contribution in [0.25, 0.3) is 22.0 Å². The summed E-state index contributed by atoms with van der Waals surface area (Å²) in [7, 11) is 0. The van der Waals surface area contributed by atoms with Gasteiger partial charge in [0.05, 0.1) is 5.69 Å². The summed E-state index contributed by atoms with van der Waals surface area (Å²) in [6.07, 6.45) is 0.887. The average Bonchev–Trinajstić information content (AvgIpc) is 2.89. The van der Waals surface area contributed by atoms with Gasteiger partial charge in [-0.15, -0.1) is 10.2 Å². The minimum atomic E-state index is -0.0479. The maximum atomic E-state index is 12.7. The number of piperazine rings is 1. The quantitative estimate of drug-likeness (QED) is 0.476. The lowest BCUT2D eigenvalue weighted by Gasteiger charge is -2.35. The molecule has 166 valence electrons. The third-order valence-electron chi connectivity index (χ3n) is 6.23. The van der Waals surface area contributed by atoms with E-state index in [0.717, 1.165) is 47.8 Å². The standard InChI is InChI=1S/C27H27N5O/c1-2-20-7-5-6-10-24(20)28-27(33)32-17-15-31(16-18-32)26-14-13-25(29-30-26)23-12-11-21-8-3-4-9-22(21)19-23/h3-14,19H,2,15-18H2,1H3,(H,28,33). The number of hydrogen-bond donors (Lipinski definition) is 1. The molecule has 2 heterocycles. The summed E-state index contributed by atoms with van der Waals surface area (Å²) >= 11 is 0. The molecule has 6 heteroatoms. The van der Waals surface area contributed by atoms with Gasteiger partial charge in [0.1, 0.15) is 0 Å². The van der Waals surface area contributed by atoms with Crippen molar-refractivity contribution in [2.24, 2.45) is 0 Å². The van der Waals surface area contributed by atoms with Crippen LogP contribution in [0.4, 0.5) is 16.3 Å². The molecule has 0 unspecified atom stereocenters. The Morgan fingerprint density at radius 3 is 2.36 bits per heavy atom. The Balaban J connectivity index is 1.21. The zero-order valence-electron chi connectivity index (χ0n) is 18.7. The molecule has 1 N–H and O–H groups in total. The van der Waals surface area contributed by atoms with E-state index < -0.39 is 0 Å². The summed E-state index contributed by atoms with van der Waals surface area (Å²) in [4.78, 5) is 16.8. The number of amides is 2. The number of aromatic nitrogens is 2. The van der Waals surface area contributed by atoms with Crippen LogP contribution in [-0.4, -0.2) is 47.3 Å². The normalized spacial score (nSPS) is 13.8. The molecular formula is C27H27N5O. The van der Waals surface area contributed by atoms with Gasteiger partial charge in [0.15, 0.2) is 5.82 Å². The van der Waals surface area contributed by atoms with Gasteiger partial charge in [0.25, 0.3) is 0 Å². The molecule has 0 radical (unpaired) electrons. The van der Waals surface area contributed by atoms with Crippen molar-refractivity contribution < 1.29 is 4.79 Å². The number of carbonyl (C=O) groups excluding carboxylic acids is 1. The van der Waals surface area contributed by atoms with Crippen molar-refractivity contribution in [3.05, 3.63) is 84.4 Å². The van der Waals surface area contributed by atoms with Gasteiger partial charge in [-0.05, 0) is 47.0 Å². The fourth-order valence-corrected chi connectivity index (χ4v) is 4.28. The maximum Gasteiger partial charge on any atom is 0.321 e. The zero-order valence-corrected chi connectivity index (χ0v) is 18.7. The molecule has 1 aromatic heterocycles. The highest BCUT2D eigenvalue weighted by molar-refractivity contribution is 5.90. The van der Waals surface area contributed by atoms with E-state index in [9.17, 15) is 4.79 Å². The SMILES string of the molecule is CCc1ccccc1NC(=O)N1CCN(c2ccc(-c3ccc4ccccc4c3)nn2)CC1. The van der Waals surface area contributed by atoms with Crippen LogP contribution >= 0.6 is 0 Å². The maximum absolute atomic E-state index is 12.7. The van der Waals surface area contributed by atoms with Crippen LogP contribution in [-0.2, 0) is 6.42 Å². The van der Waals surface area contributed by atoms with Gasteiger partial charge in [0, 0.05) is 37.4 Å². The Hall–Kier alpha value is -3.93. The average molecular weight is 438 g/mol. The highest BCUT2D eigenvalue weighted by atomic mass is 16.2. The number of rotatable bonds is 4. The molecule has 2 amide bonds. The molecule has 4 aromatic rings. The summed E-state index contributed by atoms with van der Waals surface area (Å²) in [5, 5.41) is 14.4. The Kier molecular flexibility index (Phi) is 5.89. The number of anilines is 2. The lowest BCUT2D eigenvalue weighted by atomic mass is 10.1. The molecule has 1 saturated heterocycles. The second-order valence-corrected chi connectivity index (χ2v) is 8.25. The Bertz CT molecular complexity index is 1260. The molecule has 0 saturated carbocycles. The van der Waals surface area contributed by atoms with E-state index in [1.807, 2.05) is 53.4 Å². The lowest BCUT2D eigenvalue weighted by molar-refractivity contribution is 0.208. The summed E-state index contributed by atoms with van der Waals surface area (Å²) in [6, 6.07) is 26.6. The lowest BCUT2D eigenvalue weighted by Crippen LogP contribution is -2.50. The predicted molar refractivity (Wildman–Crippen MR) is 134 cm³/mol. The van der Waals surface area contributed by atoms with E-state index in [0.29, 0.717) is 13.1 Å². The van der Waals surface area contributed by atoms with E-state index >= 15 is 0 Å². The monoisotopic (exact) mass is 437 g/mol. The van der Waals surface area contributed by atoms with Crippen LogP contribution in [0.2, 0.25) is 0 Å². The Morgan fingerprint density at radius 2 is 1.61 bits per heavy atom. The van der Waals surface area contributed by atoms with Gasteiger partial charge < -0.3 is 15.1 Å². The van der Waals surface area contributed by atoms with Crippen molar-refractivity contribution in [2.75, 3.05) is 36.4 Å². The van der Waals surface area contributed by atoms with Crippen molar-refractivity contribution >= 4 is 28.3 Å². The smallest absolute Gasteiger partial charge is 0.321 e. The molecule has 0 spiro atoms. The zero-order chi connectivity index (χ0) is 22.6. The highest BCUT2D eigenvalue weighted by Crippen LogP contribution is 2.24. The first-order chi connectivity index (χ1) is 16.2. The Morgan fingerprint density at radius 1 is 0.848 bits per heavy atom. The molecule has 33 heavy (non-hydrogen) atoms. The number of para-hydroxylation sites is 1.